The zero-order valence-electron chi connectivity index (χ0n) is 14.5. The summed E-state index contributed by atoms with van der Waals surface area (Å²) < 4.78 is 0. The van der Waals surface area contributed by atoms with Crippen LogP contribution < -0.4 is 10.9 Å². The van der Waals surface area contributed by atoms with Crippen LogP contribution in [0.5, 0.6) is 0 Å². The number of carbonyl (C=O) groups is 2. The average Bonchev–Trinajstić information content (AvgIpc) is 2.74. The lowest BCUT2D eigenvalue weighted by Gasteiger charge is -2.17. The van der Waals surface area contributed by atoms with Gasteiger partial charge in [-0.15, -0.1) is 11.8 Å². The summed E-state index contributed by atoms with van der Waals surface area (Å²) in [7, 11) is 0. The molecular formula is C21H19N3O2S. The standard InChI is InChI=1S/C21H19N3O2S/c25-19(23-24-21(26)18-13-7-8-14-22-18)15-27-20(16-9-3-1-4-10-16)17-11-5-2-6-12-17/h1-14,20H,15H2,(H,23,25)(H,24,26). The Balaban J connectivity index is 1.59. The number of thioether (sulfide) groups is 1. The molecule has 0 spiro atoms. The Bertz CT molecular complexity index is 834. The minimum atomic E-state index is -0.448. The number of amides is 2. The highest BCUT2D eigenvalue weighted by molar-refractivity contribution is 8.00. The first-order valence-electron chi connectivity index (χ1n) is 8.46. The van der Waals surface area contributed by atoms with Crippen molar-refractivity contribution in [3.63, 3.8) is 0 Å². The number of hydrazine groups is 1. The molecular weight excluding hydrogens is 358 g/mol. The van der Waals surface area contributed by atoms with Crippen LogP contribution in [0.2, 0.25) is 0 Å². The van der Waals surface area contributed by atoms with E-state index in [9.17, 15) is 9.59 Å². The fraction of sp³-hybridized carbons (Fsp3) is 0.0952. The third-order valence-electron chi connectivity index (χ3n) is 3.80. The molecule has 0 unspecified atom stereocenters. The van der Waals surface area contributed by atoms with Gasteiger partial charge in [-0.3, -0.25) is 25.4 Å². The van der Waals surface area contributed by atoms with E-state index in [2.05, 4.69) is 15.8 Å². The molecule has 0 aliphatic rings. The van der Waals surface area contributed by atoms with Crippen molar-refractivity contribution >= 4 is 23.6 Å². The maximum absolute atomic E-state index is 12.2. The Labute approximate surface area is 162 Å². The van der Waals surface area contributed by atoms with E-state index in [-0.39, 0.29) is 22.6 Å². The van der Waals surface area contributed by atoms with E-state index in [1.54, 1.807) is 18.2 Å². The molecule has 0 aliphatic heterocycles. The fourth-order valence-electron chi connectivity index (χ4n) is 2.52. The fourth-order valence-corrected chi connectivity index (χ4v) is 3.61. The van der Waals surface area contributed by atoms with Crippen LogP contribution in [0.15, 0.2) is 85.1 Å². The van der Waals surface area contributed by atoms with E-state index < -0.39 is 5.91 Å². The molecule has 2 aromatic carbocycles. The van der Waals surface area contributed by atoms with Gasteiger partial charge in [0.2, 0.25) is 5.91 Å². The van der Waals surface area contributed by atoms with Crippen LogP contribution in [0.1, 0.15) is 26.9 Å². The molecule has 0 saturated carbocycles. The zero-order valence-corrected chi connectivity index (χ0v) is 15.4. The molecule has 1 heterocycles. The van der Waals surface area contributed by atoms with Crippen LogP contribution in [-0.4, -0.2) is 22.6 Å². The van der Waals surface area contributed by atoms with Gasteiger partial charge in [0.15, 0.2) is 0 Å². The molecule has 3 rings (SSSR count). The van der Waals surface area contributed by atoms with Gasteiger partial charge in [-0.2, -0.15) is 0 Å². The van der Waals surface area contributed by atoms with Crippen molar-refractivity contribution in [3.8, 4) is 0 Å². The van der Waals surface area contributed by atoms with Gasteiger partial charge in [0.05, 0.1) is 11.0 Å². The van der Waals surface area contributed by atoms with Gasteiger partial charge >= 0.3 is 0 Å². The lowest BCUT2D eigenvalue weighted by Crippen LogP contribution is -2.42. The van der Waals surface area contributed by atoms with E-state index in [0.29, 0.717) is 0 Å². The molecule has 0 atom stereocenters. The summed E-state index contributed by atoms with van der Waals surface area (Å²) >= 11 is 1.50. The third kappa shape index (κ3) is 5.43. The number of benzene rings is 2. The summed E-state index contributed by atoms with van der Waals surface area (Å²) in [5.74, 6) is -0.519. The summed E-state index contributed by atoms with van der Waals surface area (Å²) in [5, 5.41) is 0.0321. The Morgan fingerprint density at radius 1 is 0.815 bits per heavy atom. The van der Waals surface area contributed by atoms with E-state index >= 15 is 0 Å². The van der Waals surface area contributed by atoms with Crippen molar-refractivity contribution < 1.29 is 9.59 Å². The first-order chi connectivity index (χ1) is 13.2. The molecule has 2 N–H and O–H groups in total. The van der Waals surface area contributed by atoms with Crippen LogP contribution in [0, 0.1) is 0 Å². The van der Waals surface area contributed by atoms with Crippen LogP contribution >= 0.6 is 11.8 Å². The molecule has 0 saturated heterocycles. The smallest absolute Gasteiger partial charge is 0.272 e. The van der Waals surface area contributed by atoms with E-state index in [1.165, 1.54) is 18.0 Å². The van der Waals surface area contributed by atoms with Gasteiger partial charge in [-0.1, -0.05) is 66.7 Å². The quantitative estimate of drug-likeness (QED) is 0.646. The molecule has 0 aliphatic carbocycles. The maximum atomic E-state index is 12.2. The summed E-state index contributed by atoms with van der Waals surface area (Å²) in [6, 6.07) is 25.1. The highest BCUT2D eigenvalue weighted by Gasteiger charge is 2.16. The van der Waals surface area contributed by atoms with Crippen molar-refractivity contribution in [2.45, 2.75) is 5.25 Å². The number of nitrogens with zero attached hydrogens (tertiary/aromatic N) is 1. The number of aromatic nitrogens is 1. The van der Waals surface area contributed by atoms with Gasteiger partial charge in [0, 0.05) is 6.20 Å². The van der Waals surface area contributed by atoms with Gasteiger partial charge in [-0.05, 0) is 23.3 Å². The summed E-state index contributed by atoms with van der Waals surface area (Å²) in [6.45, 7) is 0. The molecule has 27 heavy (non-hydrogen) atoms. The second kappa shape index (κ2) is 9.54. The minimum Gasteiger partial charge on any atom is -0.272 e. The van der Waals surface area contributed by atoms with Crippen LogP contribution in [0.4, 0.5) is 0 Å². The van der Waals surface area contributed by atoms with E-state index in [0.717, 1.165) is 11.1 Å². The number of rotatable bonds is 6. The number of carbonyl (C=O) groups excluding carboxylic acids is 2. The predicted molar refractivity (Wildman–Crippen MR) is 107 cm³/mol. The van der Waals surface area contributed by atoms with E-state index in [4.69, 9.17) is 0 Å². The van der Waals surface area contributed by atoms with Crippen LogP contribution in [0.3, 0.4) is 0 Å². The molecule has 0 fully saturated rings. The lowest BCUT2D eigenvalue weighted by atomic mass is 10.0. The van der Waals surface area contributed by atoms with E-state index in [1.807, 2.05) is 60.7 Å². The van der Waals surface area contributed by atoms with Gasteiger partial charge in [0.25, 0.3) is 5.91 Å². The maximum Gasteiger partial charge on any atom is 0.288 e. The van der Waals surface area contributed by atoms with Crippen molar-refractivity contribution in [3.05, 3.63) is 102 Å². The summed E-state index contributed by atoms with van der Waals surface area (Å²) in [5.41, 5.74) is 7.32. The summed E-state index contributed by atoms with van der Waals surface area (Å²) in [6.07, 6.45) is 1.52. The first-order valence-corrected chi connectivity index (χ1v) is 9.50. The zero-order chi connectivity index (χ0) is 18.9. The monoisotopic (exact) mass is 377 g/mol. The van der Waals surface area contributed by atoms with Crippen molar-refractivity contribution in [1.29, 1.82) is 0 Å². The van der Waals surface area contributed by atoms with Crippen molar-refractivity contribution in [2.24, 2.45) is 0 Å². The first kappa shape index (κ1) is 18.7. The molecule has 2 amide bonds. The second-order valence-corrected chi connectivity index (χ2v) is 6.82. The molecule has 136 valence electrons. The number of pyridine rings is 1. The highest BCUT2D eigenvalue weighted by Crippen LogP contribution is 2.35. The Hall–Kier alpha value is -3.12. The average molecular weight is 377 g/mol. The normalized spacial score (nSPS) is 10.4. The summed E-state index contributed by atoms with van der Waals surface area (Å²) in [4.78, 5) is 28.1. The van der Waals surface area contributed by atoms with Crippen molar-refractivity contribution in [1.82, 2.24) is 15.8 Å². The second-order valence-electron chi connectivity index (χ2n) is 5.73. The number of hydrogen-bond acceptors (Lipinski definition) is 4. The van der Waals surface area contributed by atoms with Gasteiger partial charge < -0.3 is 0 Å². The molecule has 3 aromatic rings. The lowest BCUT2D eigenvalue weighted by molar-refractivity contribution is -0.119. The highest BCUT2D eigenvalue weighted by atomic mass is 32.2. The van der Waals surface area contributed by atoms with Crippen molar-refractivity contribution in [2.75, 3.05) is 5.75 Å². The minimum absolute atomic E-state index is 0.0321. The van der Waals surface area contributed by atoms with Crippen LogP contribution in [-0.2, 0) is 4.79 Å². The molecule has 0 radical (unpaired) electrons. The molecule has 5 nitrogen and oxygen atoms in total. The van der Waals surface area contributed by atoms with Gasteiger partial charge in [-0.25, -0.2) is 0 Å². The number of hydrogen-bond donors (Lipinski definition) is 2. The molecule has 0 bridgehead atoms. The SMILES string of the molecule is O=C(CSC(c1ccccc1)c1ccccc1)NNC(=O)c1ccccn1. The number of nitrogens with one attached hydrogen (secondary N) is 2. The predicted octanol–water partition coefficient (Wildman–Crippen LogP) is 3.37. The largest absolute Gasteiger partial charge is 0.288 e. The van der Waals surface area contributed by atoms with Crippen LogP contribution in [0.25, 0.3) is 0 Å². The molecule has 6 heteroatoms. The van der Waals surface area contributed by atoms with Gasteiger partial charge in [0.1, 0.15) is 5.69 Å². The topological polar surface area (TPSA) is 71.1 Å². The Kier molecular flexibility index (Phi) is 6.60. The Morgan fingerprint density at radius 2 is 1.41 bits per heavy atom. The third-order valence-corrected chi connectivity index (χ3v) is 5.11. The Morgan fingerprint density at radius 3 is 1.96 bits per heavy atom. The molecule has 1 aromatic heterocycles.